The minimum atomic E-state index is -0.728. The Kier molecular flexibility index (Phi) is 26.3. The quantitative estimate of drug-likeness (QED) is 0.0287. The number of ether oxygens (including phenoxy) is 5. The molecule has 3 aliphatic rings. The van der Waals surface area contributed by atoms with E-state index in [2.05, 4.69) is 46.9 Å². The Labute approximate surface area is 702 Å². The summed E-state index contributed by atoms with van der Waals surface area (Å²) in [6, 6.07) is 55.3. The minimum absolute atomic E-state index is 0.0748. The van der Waals surface area contributed by atoms with Crippen LogP contribution in [0.4, 0.5) is 17.5 Å². The van der Waals surface area contributed by atoms with Crippen molar-refractivity contribution >= 4 is 68.3 Å². The van der Waals surface area contributed by atoms with Gasteiger partial charge in [-0.1, -0.05) is 81.4 Å². The summed E-state index contributed by atoms with van der Waals surface area (Å²) in [6.07, 6.45) is 14.1. The number of para-hydroxylation sites is 3. The topological polar surface area (TPSA) is 368 Å². The summed E-state index contributed by atoms with van der Waals surface area (Å²) in [5.74, 6) is 4.51. The van der Waals surface area contributed by atoms with Crippen LogP contribution in [-0.4, -0.2) is 154 Å². The van der Waals surface area contributed by atoms with E-state index in [0.717, 1.165) is 72.5 Å². The Balaban J connectivity index is 0.000000157. The van der Waals surface area contributed by atoms with Crippen molar-refractivity contribution in [3.63, 3.8) is 0 Å². The number of nitrogen functional groups attached to an aromatic ring is 3. The van der Waals surface area contributed by atoms with E-state index in [1.54, 1.807) is 47.0 Å². The second-order valence-corrected chi connectivity index (χ2v) is 31.6. The highest BCUT2D eigenvalue weighted by Gasteiger charge is 2.37. The fraction of sp³-hybridized carbons (Fsp3) is 0.315. The molecule has 3 amide bonds. The molecule has 618 valence electrons. The summed E-state index contributed by atoms with van der Waals surface area (Å²) in [5.41, 5.74) is 23.8. The molecule has 6 aromatic heterocycles. The van der Waals surface area contributed by atoms with Crippen molar-refractivity contribution in [1.82, 2.24) is 73.9 Å². The molecular weight excluding hydrogens is 1530 g/mol. The monoisotopic (exact) mass is 1620 g/mol. The van der Waals surface area contributed by atoms with Gasteiger partial charge in [-0.3, -0.25) is 14.4 Å². The van der Waals surface area contributed by atoms with Gasteiger partial charge in [0.15, 0.2) is 16.9 Å². The van der Waals surface area contributed by atoms with Crippen molar-refractivity contribution in [2.45, 2.75) is 150 Å². The number of hydrogen-bond acceptors (Lipinski definition) is 22. The number of carbonyl (C=O) groups is 3. The zero-order valence-electron chi connectivity index (χ0n) is 69.2. The normalized spacial score (nSPS) is 15.8. The van der Waals surface area contributed by atoms with E-state index >= 15 is 0 Å². The van der Waals surface area contributed by atoms with Crippen LogP contribution in [0, 0.1) is 34.6 Å². The van der Waals surface area contributed by atoms with Gasteiger partial charge in [0.1, 0.15) is 111 Å². The lowest BCUT2D eigenvalue weighted by atomic mass is 9.95. The van der Waals surface area contributed by atoms with Crippen LogP contribution < -0.4 is 31.4 Å². The van der Waals surface area contributed by atoms with Gasteiger partial charge in [-0.2, -0.15) is 25.8 Å². The van der Waals surface area contributed by atoms with E-state index in [-0.39, 0.29) is 58.1 Å². The molecule has 3 atom stereocenters. The lowest BCUT2D eigenvalue weighted by Gasteiger charge is -2.26. The first-order valence-electron chi connectivity index (χ1n) is 40.3. The lowest BCUT2D eigenvalue weighted by Crippen LogP contribution is -2.39. The number of aromatic nitrogens is 12. The maximum atomic E-state index is 13.5. The van der Waals surface area contributed by atoms with Gasteiger partial charge in [-0.25, -0.2) is 48.8 Å². The Hall–Kier alpha value is -14.2. The SMILES string of the molecule is CCOC(C)(C)/C=C(\C#N)C(=O)N1CCC[C@@H]1Cn1nc(-c2ccc(Oc3ccccc3)cc2)c2c(N)ncnc21.CCOC(C)(C)/C=C(\C#N)C(=O)N1CCC[C@H]1Cn1nc(-c2ccc(Oc3ccccc3)cc2)c2c(N)ncnc21.[C-]#[N+]/C(=C\C(C)(C)C)C(=O)N1CCCC1Cn1nc(-c2ccc(Oc3ccccc3)cc2)c2c(N)ncnc21. The fourth-order valence-corrected chi connectivity index (χ4v) is 15.3. The van der Waals surface area contributed by atoms with Crippen LogP contribution in [-0.2, 0) is 43.5 Å². The molecule has 0 bridgehead atoms. The van der Waals surface area contributed by atoms with Gasteiger partial charge in [-0.15, -0.1) is 0 Å². The van der Waals surface area contributed by atoms with Gasteiger partial charge in [-0.05, 0) is 207 Å². The molecule has 29 heteroatoms. The van der Waals surface area contributed by atoms with Crippen molar-refractivity contribution < 1.29 is 38.1 Å². The number of fused-ring (bicyclic) bond motifs is 3. The number of likely N-dealkylation sites (tertiary alicyclic amines) is 3. The van der Waals surface area contributed by atoms with Gasteiger partial charge in [0.2, 0.25) is 5.70 Å². The van der Waals surface area contributed by atoms with Gasteiger partial charge >= 0.3 is 0 Å². The molecule has 29 nitrogen and oxygen atoms in total. The molecule has 15 rings (SSSR count). The second kappa shape index (κ2) is 37.6. The van der Waals surface area contributed by atoms with Gasteiger partial charge in [0, 0.05) is 49.5 Å². The van der Waals surface area contributed by atoms with Crippen molar-refractivity contribution in [2.24, 2.45) is 5.41 Å². The highest BCUT2D eigenvalue weighted by atomic mass is 16.5. The third-order valence-corrected chi connectivity index (χ3v) is 20.7. The molecule has 1 unspecified atom stereocenters. The van der Waals surface area contributed by atoms with Crippen LogP contribution in [0.25, 0.3) is 71.7 Å². The lowest BCUT2D eigenvalue weighted by molar-refractivity contribution is -0.128. The Morgan fingerprint density at radius 3 is 1.00 bits per heavy atom. The van der Waals surface area contributed by atoms with Crippen LogP contribution in [0.1, 0.15) is 101 Å². The van der Waals surface area contributed by atoms with E-state index in [1.165, 1.54) is 19.0 Å². The number of allylic oxidation sites excluding steroid dienone is 1. The van der Waals surface area contributed by atoms with Gasteiger partial charge < -0.3 is 55.6 Å². The van der Waals surface area contributed by atoms with E-state index in [9.17, 15) is 24.9 Å². The summed E-state index contributed by atoms with van der Waals surface area (Å²) in [7, 11) is 0. The van der Waals surface area contributed by atoms with Crippen LogP contribution in [0.3, 0.4) is 0 Å². The molecule has 6 aromatic carbocycles. The molecule has 3 fully saturated rings. The number of amides is 3. The van der Waals surface area contributed by atoms with Crippen molar-refractivity contribution in [3.8, 4) is 80.4 Å². The number of nitrogens with zero attached hydrogens (tertiary/aromatic N) is 18. The van der Waals surface area contributed by atoms with Crippen molar-refractivity contribution in [2.75, 3.05) is 50.0 Å². The van der Waals surface area contributed by atoms with Crippen LogP contribution >= 0.6 is 0 Å². The van der Waals surface area contributed by atoms with Crippen LogP contribution in [0.5, 0.6) is 34.5 Å². The number of nitriles is 2. The van der Waals surface area contributed by atoms with Crippen molar-refractivity contribution in [1.29, 1.82) is 10.5 Å². The average molecular weight is 1620 g/mol. The summed E-state index contributed by atoms with van der Waals surface area (Å²) >= 11 is 0. The molecule has 12 aromatic rings. The molecule has 0 radical (unpaired) electrons. The molecular formula is C92H97N21O8. The summed E-state index contributed by atoms with van der Waals surface area (Å²) in [6.45, 7) is 28.6. The summed E-state index contributed by atoms with van der Waals surface area (Å²) < 4.78 is 34.6. The molecule has 3 saturated heterocycles. The number of nitrogens with two attached hydrogens (primary N) is 3. The maximum absolute atomic E-state index is 13.5. The number of rotatable bonds is 24. The van der Waals surface area contributed by atoms with E-state index in [1.807, 2.05) is 226 Å². The molecule has 0 aliphatic carbocycles. The Bertz CT molecular complexity index is 5680. The third-order valence-electron chi connectivity index (χ3n) is 20.7. The summed E-state index contributed by atoms with van der Waals surface area (Å²) in [4.78, 5) is 75.2. The first-order valence-corrected chi connectivity index (χ1v) is 40.3. The first-order chi connectivity index (χ1) is 58.3. The molecule has 0 saturated carbocycles. The zero-order valence-corrected chi connectivity index (χ0v) is 69.2. The maximum Gasteiger partial charge on any atom is 0.264 e. The predicted octanol–water partition coefficient (Wildman–Crippen LogP) is 16.0. The molecule has 3 aliphatic heterocycles. The van der Waals surface area contributed by atoms with Crippen LogP contribution in [0.15, 0.2) is 218 Å². The van der Waals surface area contributed by atoms with Gasteiger partial charge in [0.25, 0.3) is 17.7 Å². The average Bonchev–Trinajstić information content (AvgIpc) is 1.63. The number of hydrogen-bond donors (Lipinski definition) is 3. The number of anilines is 3. The Morgan fingerprint density at radius 1 is 0.438 bits per heavy atom. The second-order valence-electron chi connectivity index (χ2n) is 31.6. The predicted molar refractivity (Wildman–Crippen MR) is 462 cm³/mol. The molecule has 121 heavy (non-hydrogen) atoms. The van der Waals surface area contributed by atoms with Gasteiger partial charge in [0.05, 0.1) is 71.7 Å². The smallest absolute Gasteiger partial charge is 0.264 e. The minimum Gasteiger partial charge on any atom is -0.457 e. The van der Waals surface area contributed by atoms with Crippen LogP contribution in [0.2, 0.25) is 0 Å². The Morgan fingerprint density at radius 2 is 0.727 bits per heavy atom. The van der Waals surface area contributed by atoms with E-state index < -0.39 is 11.2 Å². The van der Waals surface area contributed by atoms with E-state index in [4.69, 9.17) is 62.8 Å². The molecule has 6 N–H and O–H groups in total. The van der Waals surface area contributed by atoms with Crippen molar-refractivity contribution in [3.05, 3.63) is 229 Å². The number of carbonyl (C=O) groups excluding carboxylic acids is 3. The largest absolute Gasteiger partial charge is 0.457 e. The summed E-state index contributed by atoms with van der Waals surface area (Å²) in [5, 5.41) is 36.2. The van der Waals surface area contributed by atoms with E-state index in [0.29, 0.717) is 137 Å². The highest BCUT2D eigenvalue weighted by Crippen LogP contribution is 2.39. The first kappa shape index (κ1) is 84.7. The highest BCUT2D eigenvalue weighted by molar-refractivity contribution is 6.02. The fourth-order valence-electron chi connectivity index (χ4n) is 15.3. The number of benzene rings is 6. The molecule has 9 heterocycles. The standard InChI is InChI=1S/2C31H33N7O3.C30H31N7O2/c2*1-4-40-31(2,3)17-22(18-32)30(39)37-16-8-9-23(37)19-38-29-26(28(33)34-20-35-29)27(36-38)21-12-14-25(15-13-21)41-24-10-6-5-7-11-24;1-30(2,3)17-24(32-4)29(38)36-16-8-9-21(36)18-37-28-25(27(31)33-19-34-28)26(35-37)20-12-14-23(15-13-20)39-22-10-6-5-7-11-22/h2*5-7,10-15,17,20,23H,4,8-9,16,19H2,1-3H3,(H2,33,34,35);5-7,10-15,17,19,21H,8-9,16,18H2,1-3H3,(H2,31,33,34)/b2*22-17+;24-17-/t2*23-;/m10./s1. The molecule has 0 spiro atoms. The third kappa shape index (κ3) is 20.3. The zero-order chi connectivity index (χ0) is 85.5.